The number of hydrogen-bond acceptors (Lipinski definition) is 4. The molecule has 1 aromatic carbocycles. The van der Waals surface area contributed by atoms with Gasteiger partial charge in [-0.25, -0.2) is 0 Å². The molecule has 0 atom stereocenters. The van der Waals surface area contributed by atoms with E-state index < -0.39 is 5.69 Å². The fourth-order valence-corrected chi connectivity index (χ4v) is 2.00. The molecule has 0 aliphatic heterocycles. The van der Waals surface area contributed by atoms with Crippen LogP contribution in [0.4, 0.5) is 0 Å². The van der Waals surface area contributed by atoms with Gasteiger partial charge in [-0.3, -0.25) is 0 Å². The molecular formula is C13H17N3O4. The van der Waals surface area contributed by atoms with Crippen LogP contribution in [-0.4, -0.2) is 11.7 Å². The molecule has 0 unspecified atom stereocenters. The molecule has 1 heterocycles. The van der Waals surface area contributed by atoms with Gasteiger partial charge in [-0.2, -0.15) is 9.52 Å². The Morgan fingerprint density at radius 3 is 2.80 bits per heavy atom. The van der Waals surface area contributed by atoms with Crippen molar-refractivity contribution in [2.45, 2.75) is 32.6 Å². The molecule has 0 aliphatic carbocycles. The lowest BCUT2D eigenvalue weighted by Gasteiger charge is -2.09. The van der Waals surface area contributed by atoms with E-state index in [1.807, 2.05) is 5.10 Å². The number of aromatic amines is 1. The average molecular weight is 279 g/mol. The zero-order valence-corrected chi connectivity index (χ0v) is 11.3. The first kappa shape index (κ1) is 14.1. The monoisotopic (exact) mass is 279 g/mol. The van der Waals surface area contributed by atoms with Crippen LogP contribution < -0.4 is 20.0 Å². The van der Waals surface area contributed by atoms with Crippen molar-refractivity contribution in [3.63, 3.8) is 0 Å². The number of nitrogens with one attached hydrogen (secondary N) is 1. The minimum Gasteiger partial charge on any atom is -0.707 e. The van der Waals surface area contributed by atoms with Crippen LogP contribution in [0.3, 0.4) is 0 Å². The van der Waals surface area contributed by atoms with Crippen LogP contribution in [0.2, 0.25) is 0 Å². The summed E-state index contributed by atoms with van der Waals surface area (Å²) in [5.41, 5.74) is -0.984. The molecular weight excluding hydrogens is 262 g/mol. The highest BCUT2D eigenvalue weighted by Gasteiger charge is 2.19. The van der Waals surface area contributed by atoms with E-state index in [0.717, 1.165) is 25.7 Å². The van der Waals surface area contributed by atoms with Gasteiger partial charge in [-0.15, -0.1) is 0 Å². The summed E-state index contributed by atoms with van der Waals surface area (Å²) in [6.07, 6.45) is 4.16. The summed E-state index contributed by atoms with van der Waals surface area (Å²) in [7, 11) is 0. The summed E-state index contributed by atoms with van der Waals surface area (Å²) in [4.78, 5) is 11.6. The number of ether oxygens (including phenoxy) is 1. The first-order chi connectivity index (χ1) is 9.65. The molecule has 0 spiro atoms. The van der Waals surface area contributed by atoms with Gasteiger partial charge in [-0.1, -0.05) is 32.3 Å². The van der Waals surface area contributed by atoms with Gasteiger partial charge in [0, 0.05) is 16.0 Å². The van der Waals surface area contributed by atoms with Crippen molar-refractivity contribution in [2.24, 2.45) is 0 Å². The Hall–Kier alpha value is -2.31. The summed E-state index contributed by atoms with van der Waals surface area (Å²) in [5.74, 6) is 0.254. The Kier molecular flexibility index (Phi) is 4.39. The summed E-state index contributed by atoms with van der Waals surface area (Å²) < 4.78 is 5.67. The molecule has 1 N–H and O–H groups in total. The van der Waals surface area contributed by atoms with Crippen molar-refractivity contribution in [2.75, 3.05) is 6.61 Å². The Balaban J connectivity index is 2.27. The second kappa shape index (κ2) is 6.23. The zero-order chi connectivity index (χ0) is 14.5. The van der Waals surface area contributed by atoms with E-state index in [4.69, 9.17) is 4.74 Å². The second-order valence-corrected chi connectivity index (χ2v) is 4.54. The molecule has 0 bridgehead atoms. The highest BCUT2D eigenvalue weighted by atomic mass is 16.5. The maximum atomic E-state index is 11.8. The Morgan fingerprint density at radius 2 is 2.05 bits per heavy atom. The number of H-pyrrole nitrogens is 1. The van der Waals surface area contributed by atoms with Crippen molar-refractivity contribution in [3.05, 3.63) is 39.1 Å². The van der Waals surface area contributed by atoms with Crippen LogP contribution in [-0.2, 0) is 0 Å². The number of fused-ring (bicyclic) bond motifs is 1. The van der Waals surface area contributed by atoms with Crippen LogP contribution in [0.15, 0.2) is 23.0 Å². The molecule has 0 radical (unpaired) electrons. The normalized spacial score (nSPS) is 10.8. The molecule has 7 nitrogen and oxygen atoms in total. The molecule has 108 valence electrons. The summed E-state index contributed by atoms with van der Waals surface area (Å²) in [5, 5.41) is 25.2. The molecule has 0 saturated heterocycles. The fourth-order valence-electron chi connectivity index (χ4n) is 2.00. The van der Waals surface area contributed by atoms with Crippen LogP contribution in [0.5, 0.6) is 5.75 Å². The number of benzene rings is 1. The first-order valence-electron chi connectivity index (χ1n) is 6.66. The van der Waals surface area contributed by atoms with E-state index >= 15 is 0 Å². The zero-order valence-electron chi connectivity index (χ0n) is 11.3. The predicted octanol–water partition coefficient (Wildman–Crippen LogP) is 0.754. The minimum absolute atomic E-state index is 0.0401. The van der Waals surface area contributed by atoms with Gasteiger partial charge in [0.15, 0.2) is 5.75 Å². The maximum absolute atomic E-state index is 11.8. The third-order valence-electron chi connectivity index (χ3n) is 3.04. The van der Waals surface area contributed by atoms with E-state index in [9.17, 15) is 15.2 Å². The first-order valence-corrected chi connectivity index (χ1v) is 6.66. The van der Waals surface area contributed by atoms with Gasteiger partial charge >= 0.3 is 11.2 Å². The Labute approximate surface area is 115 Å². The van der Waals surface area contributed by atoms with Gasteiger partial charge in [0.1, 0.15) is 0 Å². The van der Waals surface area contributed by atoms with Gasteiger partial charge in [-0.05, 0) is 12.5 Å². The molecule has 0 amide bonds. The highest BCUT2D eigenvalue weighted by Crippen LogP contribution is 2.19. The standard InChI is InChI=1S/C13H17N3O4/c1-2-3-4-5-9-20-11-8-6-7-10-12(11)15(18)13(17)14-16(10)19/h6-8H,2-5,9H2,1H3,(H,14,17). The lowest BCUT2D eigenvalue weighted by Crippen LogP contribution is -2.55. The molecule has 7 heteroatoms. The number of nitrogens with zero attached hydrogens (tertiary/aromatic N) is 2. The van der Waals surface area contributed by atoms with E-state index in [-0.39, 0.29) is 26.4 Å². The summed E-state index contributed by atoms with van der Waals surface area (Å²) in [6, 6.07) is 4.64. The second-order valence-electron chi connectivity index (χ2n) is 4.54. The lowest BCUT2D eigenvalue weighted by molar-refractivity contribution is -0.689. The topological polar surface area (TPSA) is 96.0 Å². The largest absolute Gasteiger partial charge is 0.707 e. The predicted molar refractivity (Wildman–Crippen MR) is 72.1 cm³/mol. The smallest absolute Gasteiger partial charge is 0.554 e. The molecule has 20 heavy (non-hydrogen) atoms. The van der Waals surface area contributed by atoms with Crippen molar-refractivity contribution < 1.29 is 14.3 Å². The molecule has 0 saturated carbocycles. The number of rotatable bonds is 6. The number of unbranched alkanes of at least 4 members (excludes halogenated alkanes) is 3. The average Bonchev–Trinajstić information content (AvgIpc) is 2.44. The van der Waals surface area contributed by atoms with Crippen LogP contribution >= 0.6 is 0 Å². The third kappa shape index (κ3) is 2.81. The molecule has 2 rings (SSSR count). The van der Waals surface area contributed by atoms with Gasteiger partial charge in [0.2, 0.25) is 0 Å². The van der Waals surface area contributed by atoms with E-state index in [1.54, 1.807) is 12.1 Å². The third-order valence-corrected chi connectivity index (χ3v) is 3.04. The van der Waals surface area contributed by atoms with Gasteiger partial charge < -0.3 is 15.2 Å². The molecule has 2 aromatic rings. The van der Waals surface area contributed by atoms with Crippen LogP contribution in [0.1, 0.15) is 32.6 Å². The maximum Gasteiger partial charge on any atom is 0.554 e. The van der Waals surface area contributed by atoms with Crippen LogP contribution in [0.25, 0.3) is 11.0 Å². The quantitative estimate of drug-likeness (QED) is 0.479. The fraction of sp³-hybridized carbons (Fsp3) is 0.462. The number of hydrogen-bond donors (Lipinski definition) is 1. The molecule has 1 aromatic heterocycles. The van der Waals surface area contributed by atoms with E-state index in [1.165, 1.54) is 6.07 Å². The highest BCUT2D eigenvalue weighted by molar-refractivity contribution is 5.74. The summed E-state index contributed by atoms with van der Waals surface area (Å²) >= 11 is 0. The Morgan fingerprint density at radius 1 is 1.25 bits per heavy atom. The van der Waals surface area contributed by atoms with Crippen molar-refractivity contribution in [1.82, 2.24) is 5.10 Å². The molecule has 0 aliphatic rings. The van der Waals surface area contributed by atoms with E-state index in [2.05, 4.69) is 6.92 Å². The Bertz CT molecular complexity index is 654. The van der Waals surface area contributed by atoms with Crippen molar-refractivity contribution >= 4 is 11.0 Å². The van der Waals surface area contributed by atoms with Crippen LogP contribution in [0, 0.1) is 10.4 Å². The van der Waals surface area contributed by atoms with Crippen molar-refractivity contribution in [3.8, 4) is 5.75 Å². The molecule has 0 fully saturated rings. The number of para-hydroxylation sites is 1. The van der Waals surface area contributed by atoms with Crippen molar-refractivity contribution in [1.29, 1.82) is 0 Å². The van der Waals surface area contributed by atoms with Gasteiger partial charge in [0.25, 0.3) is 5.52 Å². The van der Waals surface area contributed by atoms with E-state index in [0.29, 0.717) is 6.61 Å². The minimum atomic E-state index is -1.02. The number of aromatic nitrogens is 3. The SMILES string of the molecule is CCCCCCOc1cccc2c1[n+]([O-])c(=O)[nH][n+]2[O-]. The van der Waals surface area contributed by atoms with Gasteiger partial charge in [0.05, 0.1) is 6.61 Å². The lowest BCUT2D eigenvalue weighted by atomic mass is 10.2. The summed E-state index contributed by atoms with van der Waals surface area (Å²) in [6.45, 7) is 2.57.